The number of carbonyl (C=O) groups excluding carboxylic acids is 1. The summed E-state index contributed by atoms with van der Waals surface area (Å²) >= 11 is 11.7. The molecule has 0 saturated carbocycles. The predicted octanol–water partition coefficient (Wildman–Crippen LogP) is 26.5. The second kappa shape index (κ2) is 43.4. The van der Waals surface area contributed by atoms with Gasteiger partial charge in [-0.15, -0.1) is 56.7 Å². The number of aryl methyl sites for hydroxylation is 6. The molecule has 7 aromatic heterocycles. The molecule has 0 amide bonds. The molecule has 12 rings (SSSR count). The first-order valence-electron chi connectivity index (χ1n) is 33.9. The van der Waals surface area contributed by atoms with Crippen molar-refractivity contribution in [1.82, 2.24) is 45.3 Å². The minimum Gasteiger partial charge on any atom is -0.422 e. The maximum Gasteiger partial charge on any atom is 0.353 e. The van der Waals surface area contributed by atoms with E-state index in [2.05, 4.69) is 238 Å². The van der Waals surface area contributed by atoms with E-state index in [1.54, 1.807) is 70.5 Å². The maximum atomic E-state index is 13.5. The van der Waals surface area contributed by atoms with Gasteiger partial charge in [0.2, 0.25) is 5.89 Å². The van der Waals surface area contributed by atoms with E-state index in [0.29, 0.717) is 69.4 Å². The number of halogens is 2. The number of nitrogens with one attached hydrogen (secondary N) is 1. The van der Waals surface area contributed by atoms with Gasteiger partial charge in [0.05, 0.1) is 37.1 Å². The first-order chi connectivity index (χ1) is 47.4. The third kappa shape index (κ3) is 29.8. The molecule has 0 unspecified atom stereocenters. The highest BCUT2D eigenvalue weighted by Gasteiger charge is 2.15. The molecule has 12 aromatic rings. The summed E-state index contributed by atoms with van der Waals surface area (Å²) in [4.78, 5) is 39.9. The Labute approximate surface area is 630 Å². The van der Waals surface area contributed by atoms with Crippen molar-refractivity contribution >= 4 is 78.6 Å². The molecule has 0 fully saturated rings. The number of aromatic amines is 1. The molecular formula is C82H105BrFN9O3S5. The number of esters is 1. The van der Waals surface area contributed by atoms with Gasteiger partial charge in [0.25, 0.3) is 0 Å². The van der Waals surface area contributed by atoms with Crippen LogP contribution in [0.1, 0.15) is 251 Å². The number of ether oxygens (including phenoxy) is 1. The number of thiophene rings is 1. The van der Waals surface area contributed by atoms with Crippen molar-refractivity contribution in [3.05, 3.63) is 246 Å². The molecule has 0 aliphatic carbocycles. The summed E-state index contributed by atoms with van der Waals surface area (Å²) in [7, 11) is 0. The Morgan fingerprint density at radius 3 is 1.45 bits per heavy atom. The summed E-state index contributed by atoms with van der Waals surface area (Å²) in [6.45, 7) is 46.0. The third-order valence-corrected chi connectivity index (χ3v) is 20.7. The van der Waals surface area contributed by atoms with Gasteiger partial charge in [-0.05, 0) is 118 Å². The third-order valence-electron chi connectivity index (χ3n) is 14.5. The predicted molar refractivity (Wildman–Crippen MR) is 433 cm³/mol. The fraction of sp³-hybridized carbons (Fsp3) is 0.378. The highest BCUT2D eigenvalue weighted by Crippen LogP contribution is 2.31. The van der Waals surface area contributed by atoms with Gasteiger partial charge >= 0.3 is 5.97 Å². The van der Waals surface area contributed by atoms with E-state index >= 15 is 0 Å². The van der Waals surface area contributed by atoms with Crippen LogP contribution >= 0.6 is 72.6 Å². The lowest BCUT2D eigenvalue weighted by Crippen LogP contribution is -2.06. The zero-order valence-electron chi connectivity index (χ0n) is 62.2. The molecule has 0 bridgehead atoms. The number of thiazole rings is 4. The largest absolute Gasteiger partial charge is 0.422 e. The number of carbonyl (C=O) groups is 1. The summed E-state index contributed by atoms with van der Waals surface area (Å²) in [5.41, 5.74) is 12.3. The van der Waals surface area contributed by atoms with Crippen LogP contribution in [-0.4, -0.2) is 51.2 Å². The zero-order valence-corrected chi connectivity index (χ0v) is 67.9. The lowest BCUT2D eigenvalue weighted by molar-refractivity contribution is 0.0739. The minimum atomic E-state index is -0.283. The number of benzene rings is 5. The van der Waals surface area contributed by atoms with Crippen molar-refractivity contribution in [1.29, 1.82) is 0 Å². The Kier molecular flexibility index (Phi) is 36.9. The molecule has 0 spiro atoms. The van der Waals surface area contributed by atoms with Gasteiger partial charge in [-0.2, -0.15) is 10.1 Å². The summed E-state index contributed by atoms with van der Waals surface area (Å²) in [5.74, 6) is 7.19. The van der Waals surface area contributed by atoms with Gasteiger partial charge in [0, 0.05) is 95.7 Å². The smallest absolute Gasteiger partial charge is 0.353 e. The fourth-order valence-electron chi connectivity index (χ4n) is 8.62. The average molecular weight is 1520 g/mol. The van der Waals surface area contributed by atoms with Gasteiger partial charge in [0.1, 0.15) is 22.3 Å². The maximum absolute atomic E-state index is 13.5. The van der Waals surface area contributed by atoms with E-state index in [9.17, 15) is 9.18 Å². The van der Waals surface area contributed by atoms with Crippen molar-refractivity contribution in [2.24, 2.45) is 0 Å². The number of H-pyrrole nitrogens is 1. The van der Waals surface area contributed by atoms with Crippen LogP contribution in [0.3, 0.4) is 0 Å². The summed E-state index contributed by atoms with van der Waals surface area (Å²) in [6.07, 6.45) is 0. The van der Waals surface area contributed by atoms with Crippen LogP contribution < -0.4 is 4.74 Å². The number of rotatable bonds is 13. The van der Waals surface area contributed by atoms with Crippen LogP contribution in [0.5, 0.6) is 5.75 Å². The quantitative estimate of drug-likeness (QED) is 0.0865. The van der Waals surface area contributed by atoms with Gasteiger partial charge in [-0.25, -0.2) is 34.1 Å². The molecule has 19 heteroatoms. The molecule has 5 aromatic carbocycles. The summed E-state index contributed by atoms with van der Waals surface area (Å²) in [5, 5.41) is 23.5. The average Bonchev–Trinajstić information content (AvgIpc) is 1.77. The normalized spacial score (nSPS) is 10.7. The Balaban J connectivity index is 0.000000248. The Bertz CT molecular complexity index is 4200. The molecule has 1 N–H and O–H groups in total. The number of nitrogens with zero attached hydrogens (tertiary/aromatic N) is 8. The van der Waals surface area contributed by atoms with Crippen LogP contribution in [0.15, 0.2) is 164 Å². The fourth-order valence-corrected chi connectivity index (χ4v) is 13.0. The Hall–Kier alpha value is -7.52. The number of aromatic nitrogens is 9. The van der Waals surface area contributed by atoms with Crippen LogP contribution in [0.2, 0.25) is 0 Å². The molecule has 101 heavy (non-hydrogen) atoms. The van der Waals surface area contributed by atoms with Gasteiger partial charge in [-0.3, -0.25) is 5.10 Å². The van der Waals surface area contributed by atoms with Crippen molar-refractivity contribution in [2.75, 3.05) is 0 Å². The van der Waals surface area contributed by atoms with Gasteiger partial charge in [0.15, 0.2) is 11.6 Å². The molecule has 540 valence electrons. The second-order valence-corrected chi connectivity index (χ2v) is 32.1. The first-order valence-corrected chi connectivity index (χ1v) is 39.0. The van der Waals surface area contributed by atoms with Crippen LogP contribution in [0, 0.1) is 47.4 Å². The highest BCUT2D eigenvalue weighted by atomic mass is 79.9. The van der Waals surface area contributed by atoms with Crippen molar-refractivity contribution < 1.29 is 18.4 Å². The van der Waals surface area contributed by atoms with Crippen molar-refractivity contribution in [2.45, 2.75) is 207 Å². The number of hydrogen-bond acceptors (Lipinski definition) is 16. The molecule has 0 atom stereocenters. The SMILES string of the molecule is C.CC(C)c1ccc(Br)cc1.CC(C)c1nc(-c2ccccc2)cs1.CC(C)c1nc(-c2ccccc2F)cs1.Cc1ccc(C(=O)Oc2cccc(C(C)C)c2)s1.Cc1ccc(C)c(-c2csc(C(C)C)n2)c1.Cc1csc(C(C)C)n1.Cc1nc(C(C)C)n[nH]1.Cc1nc(C(C)C)no1. The summed E-state index contributed by atoms with van der Waals surface area (Å²) in [6, 6.07) is 43.4. The molecule has 0 aliphatic heterocycles. The van der Waals surface area contributed by atoms with Gasteiger partial charge in [-0.1, -0.05) is 224 Å². The van der Waals surface area contributed by atoms with E-state index in [1.807, 2.05) is 94.6 Å². The molecule has 7 heterocycles. The van der Waals surface area contributed by atoms with Crippen LogP contribution in [0.25, 0.3) is 33.8 Å². The monoisotopic (exact) mass is 1520 g/mol. The van der Waals surface area contributed by atoms with Crippen molar-refractivity contribution in [3.8, 4) is 39.5 Å². The first kappa shape index (κ1) is 85.9. The van der Waals surface area contributed by atoms with E-state index < -0.39 is 0 Å². The summed E-state index contributed by atoms with van der Waals surface area (Å²) < 4.78 is 24.7. The minimum absolute atomic E-state index is 0. The molecule has 0 aliphatic rings. The van der Waals surface area contributed by atoms with E-state index in [0.717, 1.165) is 54.6 Å². The number of hydrogen-bond donors (Lipinski definition) is 1. The molecular weight excluding hydrogens is 1420 g/mol. The lowest BCUT2D eigenvalue weighted by atomic mass is 10.0. The zero-order chi connectivity index (χ0) is 73.8. The van der Waals surface area contributed by atoms with E-state index in [-0.39, 0.29) is 19.2 Å². The highest BCUT2D eigenvalue weighted by molar-refractivity contribution is 9.10. The lowest BCUT2D eigenvalue weighted by Gasteiger charge is -2.08. The van der Waals surface area contributed by atoms with Gasteiger partial charge < -0.3 is 9.26 Å². The standard InChI is InChI=1S/C15H16O2S.C14H17NS.C12H12FNS.C12H13NS.C9H11Br.C7H11NS.C6H11N3.C6H10N2O.CH4/c1-10(2)12-5-4-6-13(9-12)17-15(16)14-8-7-11(3)18-14;1-9(2)14-15-13(8-16-14)12-7-10(3)5-6-11(12)4;1-8(2)12-14-11(7-15-12)9-5-3-4-6-10(9)13;1-9(2)12-13-11(8-14-12)10-6-4-3-5-7-10;1-7(2)8-3-5-9(10)6-4-8;1-5(2)7-8-6(3)4-9-7;1-4(2)6-7-5(3)8-9-6;1-4(2)6-7-5(3)9-8-6;/h4-10H,1-3H3;5-9H,1-4H3;3-8H,1-2H3;3-9H,1-2H3;3-7H,1-2H3;4-5H,1-3H3;4H,1-3H3,(H,7,8,9);4H,1-3H3;1H4. The topological polar surface area (TPSA) is 158 Å². The Morgan fingerprint density at radius 1 is 0.485 bits per heavy atom. The van der Waals surface area contributed by atoms with Crippen molar-refractivity contribution in [3.63, 3.8) is 0 Å². The second-order valence-electron chi connectivity index (χ2n) is 26.3. The van der Waals surface area contributed by atoms with Crippen LogP contribution in [0.4, 0.5) is 4.39 Å². The molecule has 0 saturated heterocycles. The van der Waals surface area contributed by atoms with E-state index in [4.69, 9.17) is 14.2 Å². The van der Waals surface area contributed by atoms with E-state index in [1.165, 1.54) is 65.8 Å². The Morgan fingerprint density at radius 2 is 1.01 bits per heavy atom. The molecule has 12 nitrogen and oxygen atoms in total. The molecule has 0 radical (unpaired) electrons. The van der Waals surface area contributed by atoms with Crippen LogP contribution in [-0.2, 0) is 0 Å².